The van der Waals surface area contributed by atoms with Crippen molar-refractivity contribution < 1.29 is 35.5 Å². The molecule has 1 N–H and O–H groups in total. The first-order chi connectivity index (χ1) is 16.3. The van der Waals surface area contributed by atoms with Gasteiger partial charge in [0, 0.05) is 28.2 Å². The molecule has 14 heteroatoms. The van der Waals surface area contributed by atoms with Gasteiger partial charge < -0.3 is 5.32 Å². The molecule has 35 heavy (non-hydrogen) atoms. The van der Waals surface area contributed by atoms with Crippen molar-refractivity contribution in [2.75, 3.05) is 0 Å². The van der Waals surface area contributed by atoms with Gasteiger partial charge in [-0.15, -0.1) is 11.3 Å². The van der Waals surface area contributed by atoms with Gasteiger partial charge in [-0.25, -0.2) is 9.07 Å². The van der Waals surface area contributed by atoms with E-state index in [9.17, 15) is 40.8 Å². The Labute approximate surface area is 201 Å². The van der Waals surface area contributed by atoms with Gasteiger partial charge in [-0.3, -0.25) is 4.79 Å². The number of thiophene rings is 1. The van der Waals surface area contributed by atoms with Gasteiger partial charge in [0.15, 0.2) is 0 Å². The maximum absolute atomic E-state index is 14.3. The zero-order valence-electron chi connectivity index (χ0n) is 17.1. The van der Waals surface area contributed by atoms with Gasteiger partial charge in [0.05, 0.1) is 22.5 Å². The Bertz CT molecular complexity index is 1320. The van der Waals surface area contributed by atoms with Gasteiger partial charge in [0.25, 0.3) is 5.91 Å². The van der Waals surface area contributed by atoms with Crippen LogP contribution in [0.1, 0.15) is 33.6 Å². The minimum Gasteiger partial charge on any atom is -0.349 e. The van der Waals surface area contributed by atoms with E-state index in [1.807, 2.05) is 6.07 Å². The molecule has 0 spiro atoms. The average molecular weight is 537 g/mol. The van der Waals surface area contributed by atoms with Gasteiger partial charge in [0.2, 0.25) is 0 Å². The van der Waals surface area contributed by atoms with Crippen molar-refractivity contribution >= 4 is 28.8 Å². The minimum absolute atomic E-state index is 0.0722. The highest BCUT2D eigenvalue weighted by Crippen LogP contribution is 2.53. The van der Waals surface area contributed by atoms with Crippen LogP contribution in [0.5, 0.6) is 0 Å². The molecule has 2 aromatic heterocycles. The first-order valence-corrected chi connectivity index (χ1v) is 11.0. The molecule has 1 saturated carbocycles. The van der Waals surface area contributed by atoms with Crippen molar-refractivity contribution in [1.29, 1.82) is 5.26 Å². The molecule has 1 aromatic carbocycles. The van der Waals surface area contributed by atoms with Crippen LogP contribution >= 0.6 is 22.9 Å². The van der Waals surface area contributed by atoms with Crippen LogP contribution in [0.2, 0.25) is 5.02 Å². The van der Waals surface area contributed by atoms with Crippen LogP contribution in [0.15, 0.2) is 36.7 Å². The third kappa shape index (κ3) is 4.48. The molecule has 0 aliphatic heterocycles. The second kappa shape index (κ2) is 8.53. The summed E-state index contributed by atoms with van der Waals surface area (Å²) in [5.41, 5.74) is -6.87. The number of nitrogens with one attached hydrogen (secondary N) is 1. The molecular formula is C21H12ClF7N4OS. The number of carbonyl (C=O) groups is 1. The van der Waals surface area contributed by atoms with Crippen LogP contribution in [0.25, 0.3) is 16.1 Å². The topological polar surface area (TPSA) is 70.7 Å². The molecule has 1 aliphatic rings. The molecule has 0 bridgehead atoms. The van der Waals surface area contributed by atoms with Crippen LogP contribution in [0.4, 0.5) is 30.7 Å². The first-order valence-electron chi connectivity index (χ1n) is 9.79. The maximum atomic E-state index is 14.3. The van der Waals surface area contributed by atoms with Crippen molar-refractivity contribution in [3.8, 4) is 22.2 Å². The molecule has 3 aromatic rings. The minimum atomic E-state index is -6.27. The number of benzene rings is 1. The van der Waals surface area contributed by atoms with E-state index in [0.717, 1.165) is 34.9 Å². The predicted molar refractivity (Wildman–Crippen MR) is 112 cm³/mol. The van der Waals surface area contributed by atoms with Crippen molar-refractivity contribution in [3.63, 3.8) is 0 Å². The number of rotatable bonds is 5. The molecule has 0 atom stereocenters. The van der Waals surface area contributed by atoms with Crippen LogP contribution in [0.3, 0.4) is 0 Å². The predicted octanol–water partition coefficient (Wildman–Crippen LogP) is 6.31. The van der Waals surface area contributed by atoms with Crippen molar-refractivity contribution in [1.82, 2.24) is 15.1 Å². The number of hydrogen-bond acceptors (Lipinski definition) is 4. The number of alkyl halides is 7. The number of carbonyl (C=O) groups excluding carboxylic acids is 1. The molecule has 1 amide bonds. The SMILES string of the molecule is N#Cc1sc(-c2cnn(-c3ccc(C(F)(C(F)(F)F)C(F)(F)F)cc3Cl)c2)cc1C(=O)NC1CC1. The summed E-state index contributed by atoms with van der Waals surface area (Å²) in [5.74, 6) is -0.401. The van der Waals surface area contributed by atoms with Crippen LogP contribution in [-0.2, 0) is 5.67 Å². The number of amides is 1. The molecule has 0 saturated heterocycles. The van der Waals surface area contributed by atoms with Crippen molar-refractivity contribution in [2.24, 2.45) is 0 Å². The van der Waals surface area contributed by atoms with Crippen molar-refractivity contribution in [3.05, 3.63) is 57.7 Å². The van der Waals surface area contributed by atoms with E-state index < -0.39 is 34.5 Å². The van der Waals surface area contributed by atoms with Crippen LogP contribution in [-0.4, -0.2) is 34.1 Å². The van der Waals surface area contributed by atoms with Crippen LogP contribution in [0, 0.1) is 11.3 Å². The number of nitrogens with zero attached hydrogens (tertiary/aromatic N) is 3. The fourth-order valence-corrected chi connectivity index (χ4v) is 4.45. The molecule has 1 aliphatic carbocycles. The Morgan fingerprint density at radius 1 is 1.14 bits per heavy atom. The summed E-state index contributed by atoms with van der Waals surface area (Å²) in [7, 11) is 0. The standard InChI is InChI=1S/C21H12ClF7N4OS/c22-14-5-11(19(23,20(24,25)26)21(27,28)29)1-4-15(14)33-9-10(8-31-33)16-6-13(17(7-30)35-16)18(34)32-12-2-3-12/h1,4-6,8-9,12H,2-3H2,(H,32,34). The summed E-state index contributed by atoms with van der Waals surface area (Å²) in [6, 6.07) is 4.86. The maximum Gasteiger partial charge on any atom is 0.435 e. The zero-order chi connectivity index (χ0) is 25.8. The summed E-state index contributed by atoms with van der Waals surface area (Å²) < 4.78 is 93.5. The lowest BCUT2D eigenvalue weighted by Gasteiger charge is -2.30. The van der Waals surface area contributed by atoms with Gasteiger partial charge in [0.1, 0.15) is 10.9 Å². The Kier molecular flexibility index (Phi) is 6.09. The highest BCUT2D eigenvalue weighted by atomic mass is 35.5. The Morgan fingerprint density at radius 3 is 2.34 bits per heavy atom. The fraction of sp³-hybridized carbons (Fsp3) is 0.286. The average Bonchev–Trinajstić information content (AvgIpc) is 3.27. The third-order valence-electron chi connectivity index (χ3n) is 5.23. The molecule has 0 unspecified atom stereocenters. The van der Waals surface area contributed by atoms with E-state index in [1.165, 1.54) is 18.5 Å². The smallest absolute Gasteiger partial charge is 0.349 e. The van der Waals surface area contributed by atoms with Gasteiger partial charge >= 0.3 is 18.0 Å². The van der Waals surface area contributed by atoms with Gasteiger partial charge in [-0.05, 0) is 31.0 Å². The largest absolute Gasteiger partial charge is 0.435 e. The third-order valence-corrected chi connectivity index (χ3v) is 6.62. The Hall–Kier alpha value is -3.11. The number of halogens is 8. The van der Waals surface area contributed by atoms with E-state index in [1.54, 1.807) is 0 Å². The highest BCUT2D eigenvalue weighted by molar-refractivity contribution is 7.16. The molecule has 4 rings (SSSR count). The highest BCUT2D eigenvalue weighted by Gasteiger charge is 2.73. The molecule has 184 valence electrons. The van der Waals surface area contributed by atoms with Crippen molar-refractivity contribution in [2.45, 2.75) is 36.9 Å². The normalized spacial score (nSPS) is 14.6. The summed E-state index contributed by atoms with van der Waals surface area (Å²) >= 11 is 6.92. The lowest BCUT2D eigenvalue weighted by atomic mass is 9.94. The summed E-state index contributed by atoms with van der Waals surface area (Å²) in [4.78, 5) is 13.0. The first kappa shape index (κ1) is 25.0. The number of nitriles is 1. The summed E-state index contributed by atoms with van der Waals surface area (Å²) in [5, 5.41) is 15.5. The van der Waals surface area contributed by atoms with E-state index in [-0.39, 0.29) is 28.2 Å². The lowest BCUT2D eigenvalue weighted by molar-refractivity contribution is -0.348. The molecule has 0 radical (unpaired) electrons. The quantitative estimate of drug-likeness (QED) is 0.389. The van der Waals surface area contributed by atoms with E-state index in [4.69, 9.17) is 11.6 Å². The molecule has 1 fully saturated rings. The molecular weight excluding hydrogens is 525 g/mol. The van der Waals surface area contributed by atoms with E-state index in [0.29, 0.717) is 16.5 Å². The zero-order valence-corrected chi connectivity index (χ0v) is 18.7. The Morgan fingerprint density at radius 2 is 1.80 bits per heavy atom. The summed E-state index contributed by atoms with van der Waals surface area (Å²) in [6.07, 6.45) is -8.16. The molecule has 2 heterocycles. The van der Waals surface area contributed by atoms with E-state index in [2.05, 4.69) is 10.4 Å². The van der Waals surface area contributed by atoms with Gasteiger partial charge in [-0.1, -0.05) is 17.7 Å². The lowest BCUT2D eigenvalue weighted by Crippen LogP contribution is -2.50. The monoisotopic (exact) mass is 536 g/mol. The molecule has 5 nitrogen and oxygen atoms in total. The number of aromatic nitrogens is 2. The van der Waals surface area contributed by atoms with E-state index >= 15 is 0 Å². The van der Waals surface area contributed by atoms with Gasteiger partial charge in [-0.2, -0.15) is 36.7 Å². The summed E-state index contributed by atoms with van der Waals surface area (Å²) in [6.45, 7) is 0. The fourth-order valence-electron chi connectivity index (χ4n) is 3.25. The number of hydrogen-bond donors (Lipinski definition) is 1. The van der Waals surface area contributed by atoms with Crippen LogP contribution < -0.4 is 5.32 Å². The second-order valence-electron chi connectivity index (χ2n) is 7.71. The second-order valence-corrected chi connectivity index (χ2v) is 9.17. The Balaban J connectivity index is 1.66.